The molecule has 2 rings (SSSR count). The maximum Gasteiger partial charge on any atom is 0.160 e. The van der Waals surface area contributed by atoms with Crippen molar-refractivity contribution in [2.75, 3.05) is 20.2 Å². The standard InChI is InChI=1S/C15H23NO2/c1-15(2)6-8-16(9-7-15)11-12-4-5-13(17)14(10-12)18-3/h4-5,10,17H,6-9,11H2,1-3H3. The highest BCUT2D eigenvalue weighted by molar-refractivity contribution is 5.41. The van der Waals surface area contributed by atoms with E-state index in [1.165, 1.54) is 18.4 Å². The number of likely N-dealkylation sites (tertiary alicyclic amines) is 1. The third-order valence-electron chi connectivity index (χ3n) is 3.86. The monoisotopic (exact) mass is 249 g/mol. The quantitative estimate of drug-likeness (QED) is 0.893. The van der Waals surface area contributed by atoms with Gasteiger partial charge in [-0.2, -0.15) is 0 Å². The van der Waals surface area contributed by atoms with Crippen LogP contribution in [0.2, 0.25) is 0 Å². The van der Waals surface area contributed by atoms with Gasteiger partial charge in [0, 0.05) is 6.54 Å². The average molecular weight is 249 g/mol. The van der Waals surface area contributed by atoms with Crippen LogP contribution in [0.1, 0.15) is 32.3 Å². The molecule has 0 atom stereocenters. The Kier molecular flexibility index (Phi) is 3.81. The molecule has 1 saturated heterocycles. The number of phenolic OH excluding ortho intramolecular Hbond substituents is 1. The Morgan fingerprint density at radius 2 is 1.94 bits per heavy atom. The van der Waals surface area contributed by atoms with Crippen LogP contribution in [-0.4, -0.2) is 30.2 Å². The number of phenols is 1. The van der Waals surface area contributed by atoms with Gasteiger partial charge >= 0.3 is 0 Å². The molecule has 1 aliphatic rings. The first kappa shape index (κ1) is 13.2. The van der Waals surface area contributed by atoms with Gasteiger partial charge in [0.25, 0.3) is 0 Å². The van der Waals surface area contributed by atoms with E-state index in [2.05, 4.69) is 18.7 Å². The molecule has 0 bridgehead atoms. The summed E-state index contributed by atoms with van der Waals surface area (Å²) in [5.74, 6) is 0.769. The average Bonchev–Trinajstić information content (AvgIpc) is 2.34. The molecule has 0 unspecified atom stereocenters. The summed E-state index contributed by atoms with van der Waals surface area (Å²) in [4.78, 5) is 2.47. The molecule has 0 aromatic heterocycles. The topological polar surface area (TPSA) is 32.7 Å². The first-order valence-electron chi connectivity index (χ1n) is 6.58. The number of benzene rings is 1. The summed E-state index contributed by atoms with van der Waals surface area (Å²) >= 11 is 0. The highest BCUT2D eigenvalue weighted by atomic mass is 16.5. The Hall–Kier alpha value is -1.22. The van der Waals surface area contributed by atoms with Gasteiger partial charge in [-0.25, -0.2) is 0 Å². The van der Waals surface area contributed by atoms with Gasteiger partial charge < -0.3 is 9.84 Å². The van der Waals surface area contributed by atoms with E-state index in [0.717, 1.165) is 19.6 Å². The van der Waals surface area contributed by atoms with Crippen LogP contribution in [0, 0.1) is 5.41 Å². The molecule has 3 nitrogen and oxygen atoms in total. The first-order valence-corrected chi connectivity index (χ1v) is 6.58. The van der Waals surface area contributed by atoms with Crippen molar-refractivity contribution in [1.29, 1.82) is 0 Å². The second-order valence-corrected chi connectivity index (χ2v) is 5.95. The minimum absolute atomic E-state index is 0.209. The molecule has 0 spiro atoms. The summed E-state index contributed by atoms with van der Waals surface area (Å²) in [5.41, 5.74) is 1.69. The molecule has 0 aliphatic carbocycles. The zero-order chi connectivity index (χ0) is 13.2. The van der Waals surface area contributed by atoms with E-state index in [0.29, 0.717) is 11.2 Å². The molecule has 0 amide bonds. The summed E-state index contributed by atoms with van der Waals surface area (Å²) in [5, 5.41) is 9.57. The molecular formula is C15H23NO2. The third-order valence-corrected chi connectivity index (χ3v) is 3.86. The second kappa shape index (κ2) is 5.19. The van der Waals surface area contributed by atoms with Crippen LogP contribution in [0.15, 0.2) is 18.2 Å². The number of piperidine rings is 1. The van der Waals surface area contributed by atoms with E-state index in [9.17, 15) is 5.11 Å². The zero-order valence-corrected chi connectivity index (χ0v) is 11.6. The summed E-state index contributed by atoms with van der Waals surface area (Å²) in [7, 11) is 1.59. The lowest BCUT2D eigenvalue weighted by atomic mass is 9.82. The zero-order valence-electron chi connectivity index (χ0n) is 11.6. The summed E-state index contributed by atoms with van der Waals surface area (Å²) in [6, 6.07) is 5.61. The number of hydrogen-bond acceptors (Lipinski definition) is 3. The first-order chi connectivity index (χ1) is 8.50. The molecule has 1 aromatic rings. The molecule has 1 fully saturated rings. The summed E-state index contributed by atoms with van der Waals surface area (Å²) in [6.45, 7) is 7.92. The van der Waals surface area contributed by atoms with Crippen molar-refractivity contribution in [2.45, 2.75) is 33.2 Å². The van der Waals surface area contributed by atoms with E-state index in [-0.39, 0.29) is 5.75 Å². The molecule has 1 aliphatic heterocycles. The van der Waals surface area contributed by atoms with Crippen LogP contribution in [0.3, 0.4) is 0 Å². The summed E-state index contributed by atoms with van der Waals surface area (Å²) in [6.07, 6.45) is 2.50. The predicted octanol–water partition coefficient (Wildman–Crippen LogP) is 3.02. The van der Waals surface area contributed by atoms with Crippen molar-refractivity contribution in [3.05, 3.63) is 23.8 Å². The van der Waals surface area contributed by atoms with E-state index in [1.54, 1.807) is 13.2 Å². The molecule has 1 heterocycles. The van der Waals surface area contributed by atoms with Gasteiger partial charge in [-0.3, -0.25) is 4.90 Å². The molecule has 3 heteroatoms. The third kappa shape index (κ3) is 3.16. The molecule has 100 valence electrons. The van der Waals surface area contributed by atoms with Crippen molar-refractivity contribution in [2.24, 2.45) is 5.41 Å². The Morgan fingerprint density at radius 3 is 2.56 bits per heavy atom. The lowest BCUT2D eigenvalue weighted by Crippen LogP contribution is -2.36. The number of aromatic hydroxyl groups is 1. The fraction of sp³-hybridized carbons (Fsp3) is 0.600. The molecule has 1 N–H and O–H groups in total. The fourth-order valence-corrected chi connectivity index (χ4v) is 2.40. The second-order valence-electron chi connectivity index (χ2n) is 5.95. The van der Waals surface area contributed by atoms with Crippen molar-refractivity contribution in [1.82, 2.24) is 4.90 Å². The maximum atomic E-state index is 9.57. The Morgan fingerprint density at radius 1 is 1.28 bits per heavy atom. The Balaban J connectivity index is 1.98. The van der Waals surface area contributed by atoms with Gasteiger partial charge in [0.15, 0.2) is 11.5 Å². The summed E-state index contributed by atoms with van der Waals surface area (Å²) < 4.78 is 5.14. The largest absolute Gasteiger partial charge is 0.504 e. The molecule has 1 aromatic carbocycles. The van der Waals surface area contributed by atoms with Crippen LogP contribution in [0.4, 0.5) is 0 Å². The Labute approximate surface area is 109 Å². The fourth-order valence-electron chi connectivity index (χ4n) is 2.40. The lowest BCUT2D eigenvalue weighted by Gasteiger charge is -2.36. The highest BCUT2D eigenvalue weighted by Gasteiger charge is 2.25. The maximum absolute atomic E-state index is 9.57. The van der Waals surface area contributed by atoms with Gasteiger partial charge in [-0.15, -0.1) is 0 Å². The molecule has 0 radical (unpaired) electrons. The van der Waals surface area contributed by atoms with Crippen LogP contribution in [0.5, 0.6) is 11.5 Å². The molecule has 18 heavy (non-hydrogen) atoms. The number of rotatable bonds is 3. The smallest absolute Gasteiger partial charge is 0.160 e. The molecular weight excluding hydrogens is 226 g/mol. The number of hydrogen-bond donors (Lipinski definition) is 1. The highest BCUT2D eigenvalue weighted by Crippen LogP contribution is 2.31. The van der Waals surface area contributed by atoms with Crippen molar-refractivity contribution >= 4 is 0 Å². The van der Waals surface area contributed by atoms with Crippen molar-refractivity contribution in [3.8, 4) is 11.5 Å². The lowest BCUT2D eigenvalue weighted by molar-refractivity contribution is 0.127. The van der Waals surface area contributed by atoms with Gasteiger partial charge in [-0.1, -0.05) is 19.9 Å². The van der Waals surface area contributed by atoms with E-state index >= 15 is 0 Å². The number of nitrogens with zero attached hydrogens (tertiary/aromatic N) is 1. The van der Waals surface area contributed by atoms with Gasteiger partial charge in [0.1, 0.15) is 0 Å². The number of methoxy groups -OCH3 is 1. The minimum Gasteiger partial charge on any atom is -0.504 e. The van der Waals surface area contributed by atoms with Crippen LogP contribution in [0.25, 0.3) is 0 Å². The Bertz CT molecular complexity index is 405. The predicted molar refractivity (Wildman–Crippen MR) is 73.0 cm³/mol. The van der Waals surface area contributed by atoms with E-state index in [4.69, 9.17) is 4.74 Å². The van der Waals surface area contributed by atoms with E-state index in [1.807, 2.05) is 12.1 Å². The van der Waals surface area contributed by atoms with Crippen LogP contribution in [-0.2, 0) is 6.54 Å². The van der Waals surface area contributed by atoms with Crippen LogP contribution >= 0.6 is 0 Å². The molecule has 0 saturated carbocycles. The number of ether oxygens (including phenoxy) is 1. The van der Waals surface area contributed by atoms with Crippen molar-refractivity contribution in [3.63, 3.8) is 0 Å². The van der Waals surface area contributed by atoms with E-state index < -0.39 is 0 Å². The van der Waals surface area contributed by atoms with Gasteiger partial charge in [0.2, 0.25) is 0 Å². The minimum atomic E-state index is 0.209. The normalized spacial score (nSPS) is 19.7. The van der Waals surface area contributed by atoms with Crippen LogP contribution < -0.4 is 4.74 Å². The van der Waals surface area contributed by atoms with Crippen molar-refractivity contribution < 1.29 is 9.84 Å². The van der Waals surface area contributed by atoms with Gasteiger partial charge in [0.05, 0.1) is 7.11 Å². The SMILES string of the molecule is COc1cc(CN2CCC(C)(C)CC2)ccc1O. The van der Waals surface area contributed by atoms with Gasteiger partial charge in [-0.05, 0) is 49.0 Å².